The minimum absolute atomic E-state index is 0.0511. The SMILES string of the molecule is CNC1(C)CCN(S(=O)(=O)NC(=O)OC(C)C)CC1. The molecule has 0 saturated carbocycles. The van der Waals surface area contributed by atoms with Gasteiger partial charge in [0.1, 0.15) is 0 Å². The molecule has 0 aromatic heterocycles. The Hall–Kier alpha value is -0.860. The molecule has 1 amide bonds. The van der Waals surface area contributed by atoms with E-state index in [4.69, 9.17) is 4.74 Å². The lowest BCUT2D eigenvalue weighted by atomic mass is 9.91. The van der Waals surface area contributed by atoms with Crippen LogP contribution in [0.25, 0.3) is 0 Å². The van der Waals surface area contributed by atoms with Gasteiger partial charge in [0.25, 0.3) is 0 Å². The van der Waals surface area contributed by atoms with Crippen molar-refractivity contribution in [3.05, 3.63) is 0 Å². The predicted octanol–water partition coefficient (Wildman–Crippen LogP) is 0.440. The standard InChI is InChI=1S/C11H23N3O4S/c1-9(2)18-10(15)13-19(16,17)14-7-5-11(3,12-4)6-8-14/h9,12H,5-8H2,1-4H3,(H,13,15). The lowest BCUT2D eigenvalue weighted by Crippen LogP contribution is -2.54. The quantitative estimate of drug-likeness (QED) is 0.785. The van der Waals surface area contributed by atoms with Gasteiger partial charge in [0.2, 0.25) is 0 Å². The van der Waals surface area contributed by atoms with E-state index in [0.29, 0.717) is 25.9 Å². The molecule has 1 rings (SSSR count). The molecular weight excluding hydrogens is 270 g/mol. The van der Waals surface area contributed by atoms with Crippen LogP contribution < -0.4 is 10.0 Å². The van der Waals surface area contributed by atoms with Crippen molar-refractivity contribution in [2.45, 2.75) is 45.3 Å². The molecule has 8 heteroatoms. The number of carbonyl (C=O) groups excluding carboxylic acids is 1. The van der Waals surface area contributed by atoms with Gasteiger partial charge in [0.05, 0.1) is 6.10 Å². The number of piperidine rings is 1. The molecule has 1 aliphatic rings. The number of hydrogen-bond acceptors (Lipinski definition) is 5. The van der Waals surface area contributed by atoms with Crippen molar-refractivity contribution < 1.29 is 17.9 Å². The molecule has 1 heterocycles. The van der Waals surface area contributed by atoms with Crippen LogP contribution in [-0.4, -0.2) is 50.6 Å². The molecule has 0 spiro atoms. The molecule has 0 aromatic rings. The highest BCUT2D eigenvalue weighted by Gasteiger charge is 2.34. The van der Waals surface area contributed by atoms with Crippen LogP contribution in [0.3, 0.4) is 0 Å². The summed E-state index contributed by atoms with van der Waals surface area (Å²) in [5, 5.41) is 3.19. The van der Waals surface area contributed by atoms with E-state index in [1.807, 2.05) is 11.8 Å². The highest BCUT2D eigenvalue weighted by Crippen LogP contribution is 2.22. The average molecular weight is 293 g/mol. The van der Waals surface area contributed by atoms with Crippen LogP contribution in [0.2, 0.25) is 0 Å². The lowest BCUT2D eigenvalue weighted by Gasteiger charge is -2.38. The first-order valence-corrected chi connectivity index (χ1v) is 7.80. The van der Waals surface area contributed by atoms with Crippen molar-refractivity contribution >= 4 is 16.3 Å². The summed E-state index contributed by atoms with van der Waals surface area (Å²) < 4.78 is 31.9. The third-order valence-electron chi connectivity index (χ3n) is 3.32. The van der Waals surface area contributed by atoms with E-state index in [1.54, 1.807) is 13.8 Å². The third kappa shape index (κ3) is 4.63. The fourth-order valence-electron chi connectivity index (χ4n) is 1.88. The molecule has 19 heavy (non-hydrogen) atoms. The van der Waals surface area contributed by atoms with Gasteiger partial charge in [-0.25, -0.2) is 9.52 Å². The molecule has 0 aliphatic carbocycles. The minimum Gasteiger partial charge on any atom is -0.446 e. The van der Waals surface area contributed by atoms with Crippen molar-refractivity contribution in [2.75, 3.05) is 20.1 Å². The van der Waals surface area contributed by atoms with Crippen LogP contribution in [0.4, 0.5) is 4.79 Å². The van der Waals surface area contributed by atoms with E-state index in [9.17, 15) is 13.2 Å². The highest BCUT2D eigenvalue weighted by molar-refractivity contribution is 7.87. The van der Waals surface area contributed by atoms with Crippen LogP contribution in [0.1, 0.15) is 33.6 Å². The molecule has 1 fully saturated rings. The van der Waals surface area contributed by atoms with Crippen molar-refractivity contribution in [1.29, 1.82) is 0 Å². The molecule has 0 bridgehead atoms. The first-order chi connectivity index (χ1) is 8.68. The van der Waals surface area contributed by atoms with Crippen molar-refractivity contribution in [3.8, 4) is 0 Å². The first kappa shape index (κ1) is 16.2. The zero-order chi connectivity index (χ0) is 14.7. The summed E-state index contributed by atoms with van der Waals surface area (Å²) in [6, 6.07) is 0. The smallest absolute Gasteiger partial charge is 0.422 e. The fraction of sp³-hybridized carbons (Fsp3) is 0.909. The second kappa shape index (κ2) is 6.06. The van der Waals surface area contributed by atoms with Crippen LogP contribution in [0.5, 0.6) is 0 Å². The Balaban J connectivity index is 2.58. The van der Waals surface area contributed by atoms with Gasteiger partial charge in [-0.1, -0.05) is 0 Å². The molecular formula is C11H23N3O4S. The monoisotopic (exact) mass is 293 g/mol. The van der Waals surface area contributed by atoms with Gasteiger partial charge < -0.3 is 10.1 Å². The Morgan fingerprint density at radius 3 is 2.26 bits per heavy atom. The summed E-state index contributed by atoms with van der Waals surface area (Å²) in [5.74, 6) is 0. The molecule has 7 nitrogen and oxygen atoms in total. The normalized spacial score (nSPS) is 20.3. The number of carbonyl (C=O) groups is 1. The van der Waals surface area contributed by atoms with E-state index in [-0.39, 0.29) is 11.6 Å². The van der Waals surface area contributed by atoms with Crippen molar-refractivity contribution in [3.63, 3.8) is 0 Å². The predicted molar refractivity (Wildman–Crippen MR) is 71.9 cm³/mol. The fourth-order valence-corrected chi connectivity index (χ4v) is 2.93. The van der Waals surface area contributed by atoms with E-state index in [2.05, 4.69) is 12.2 Å². The third-order valence-corrected chi connectivity index (χ3v) is 4.79. The van der Waals surface area contributed by atoms with Gasteiger partial charge in [0, 0.05) is 18.6 Å². The Morgan fingerprint density at radius 1 is 1.32 bits per heavy atom. The van der Waals surface area contributed by atoms with Crippen molar-refractivity contribution in [2.24, 2.45) is 0 Å². The number of hydrogen-bond donors (Lipinski definition) is 2. The summed E-state index contributed by atoms with van der Waals surface area (Å²) in [5.41, 5.74) is -0.0511. The second-order valence-corrected chi connectivity index (χ2v) is 6.94. The molecule has 1 saturated heterocycles. The molecule has 0 aromatic carbocycles. The lowest BCUT2D eigenvalue weighted by molar-refractivity contribution is 0.120. The summed E-state index contributed by atoms with van der Waals surface area (Å²) in [6.45, 7) is 6.12. The maximum atomic E-state index is 12.0. The van der Waals surface area contributed by atoms with Crippen LogP contribution in [-0.2, 0) is 14.9 Å². The maximum Gasteiger partial charge on any atom is 0.422 e. The summed E-state index contributed by atoms with van der Waals surface area (Å²) in [4.78, 5) is 11.3. The van der Waals surface area contributed by atoms with Crippen LogP contribution in [0, 0.1) is 0 Å². The Bertz CT molecular complexity index is 414. The average Bonchev–Trinajstić information content (AvgIpc) is 2.27. The van der Waals surface area contributed by atoms with Gasteiger partial charge in [-0.05, 0) is 40.7 Å². The van der Waals surface area contributed by atoms with Crippen molar-refractivity contribution in [1.82, 2.24) is 14.3 Å². The topological polar surface area (TPSA) is 87.7 Å². The van der Waals surface area contributed by atoms with Crippen LogP contribution in [0.15, 0.2) is 0 Å². The number of amides is 1. The number of nitrogens with zero attached hydrogens (tertiary/aromatic N) is 1. The van der Waals surface area contributed by atoms with Gasteiger partial charge in [0.15, 0.2) is 0 Å². The number of ether oxygens (including phenoxy) is 1. The van der Waals surface area contributed by atoms with E-state index in [0.717, 1.165) is 0 Å². The van der Waals surface area contributed by atoms with Crippen LogP contribution >= 0.6 is 0 Å². The molecule has 0 atom stereocenters. The summed E-state index contributed by atoms with van der Waals surface area (Å²) in [7, 11) is -1.94. The molecule has 1 aliphatic heterocycles. The Morgan fingerprint density at radius 2 is 1.84 bits per heavy atom. The first-order valence-electron chi connectivity index (χ1n) is 6.36. The number of rotatable bonds is 4. The van der Waals surface area contributed by atoms with Gasteiger partial charge in [-0.3, -0.25) is 0 Å². The number of nitrogens with one attached hydrogen (secondary N) is 2. The maximum absolute atomic E-state index is 12.0. The van der Waals surface area contributed by atoms with E-state index in [1.165, 1.54) is 4.31 Å². The molecule has 0 radical (unpaired) electrons. The minimum atomic E-state index is -3.81. The van der Waals surface area contributed by atoms with E-state index < -0.39 is 16.3 Å². The Labute approximate surface area is 114 Å². The zero-order valence-corrected chi connectivity index (χ0v) is 12.7. The summed E-state index contributed by atoms with van der Waals surface area (Å²) >= 11 is 0. The molecule has 112 valence electrons. The molecule has 2 N–H and O–H groups in total. The summed E-state index contributed by atoms with van der Waals surface area (Å²) in [6.07, 6.45) is 0.105. The Kier molecular flexibility index (Phi) is 5.17. The van der Waals surface area contributed by atoms with E-state index >= 15 is 0 Å². The molecule has 0 unspecified atom stereocenters. The van der Waals surface area contributed by atoms with Gasteiger partial charge in [-0.15, -0.1) is 0 Å². The second-order valence-electron chi connectivity index (χ2n) is 5.27. The largest absolute Gasteiger partial charge is 0.446 e. The zero-order valence-electron chi connectivity index (χ0n) is 11.9. The highest BCUT2D eigenvalue weighted by atomic mass is 32.2. The van der Waals surface area contributed by atoms with Gasteiger partial charge >= 0.3 is 16.3 Å². The van der Waals surface area contributed by atoms with Gasteiger partial charge in [-0.2, -0.15) is 12.7 Å².